The minimum absolute atomic E-state index is 0.0288. The summed E-state index contributed by atoms with van der Waals surface area (Å²) in [5, 5.41) is 19.1. The number of esters is 2. The predicted molar refractivity (Wildman–Crippen MR) is 119 cm³/mol. The maximum Gasteiger partial charge on any atom is 0.306 e. The summed E-state index contributed by atoms with van der Waals surface area (Å²) in [5.41, 5.74) is 0. The fraction of sp³-hybridized carbons (Fsp3) is 0.583. The molecule has 2 heterocycles. The lowest BCUT2D eigenvalue weighted by molar-refractivity contribution is -0.152. The summed E-state index contributed by atoms with van der Waals surface area (Å²) in [6.07, 6.45) is 0.795. The van der Waals surface area contributed by atoms with Crippen LogP contribution in [-0.4, -0.2) is 60.8 Å². The Morgan fingerprint density at radius 2 is 1.50 bits per heavy atom. The number of furan rings is 2. The lowest BCUT2D eigenvalue weighted by atomic mass is 10.2. The van der Waals surface area contributed by atoms with E-state index >= 15 is 0 Å². The van der Waals surface area contributed by atoms with Gasteiger partial charge >= 0.3 is 11.9 Å². The molecule has 0 fully saturated rings. The second kappa shape index (κ2) is 15.3. The average molecular weight is 483 g/mol. The third-order valence-corrected chi connectivity index (χ3v) is 4.58. The largest absolute Gasteiger partial charge is 0.466 e. The van der Waals surface area contributed by atoms with E-state index in [-0.39, 0.29) is 46.1 Å². The number of aryl methyl sites for hydroxylation is 2. The minimum atomic E-state index is -0.960. The van der Waals surface area contributed by atoms with Crippen LogP contribution in [0.3, 0.4) is 0 Å². The summed E-state index contributed by atoms with van der Waals surface area (Å²) in [4.78, 5) is 22.8. The van der Waals surface area contributed by atoms with Gasteiger partial charge in [0.1, 0.15) is 55.1 Å². The number of aliphatic hydroxyl groups is 2. The standard InChI is InChI=1S/C24H34O10/c1-3-4-19-5-6-20(33-19)9-10-24(28)31-13-18(27)12-29-14-21-7-8-22(34-21)15-30-16-23(11-25)32-17(2)26/h5-8,18,23,25,27H,3-4,9-16H2,1-2H3. The van der Waals surface area contributed by atoms with E-state index < -0.39 is 24.1 Å². The number of carbonyl (C=O) groups is 2. The van der Waals surface area contributed by atoms with Gasteiger partial charge in [-0.25, -0.2) is 0 Å². The van der Waals surface area contributed by atoms with E-state index in [1.807, 2.05) is 12.1 Å². The zero-order valence-corrected chi connectivity index (χ0v) is 19.7. The Morgan fingerprint density at radius 1 is 0.912 bits per heavy atom. The van der Waals surface area contributed by atoms with E-state index in [1.165, 1.54) is 6.92 Å². The Kier molecular flexibility index (Phi) is 12.4. The van der Waals surface area contributed by atoms with E-state index in [2.05, 4.69) is 6.92 Å². The number of hydrogen-bond donors (Lipinski definition) is 2. The summed E-state index contributed by atoms with van der Waals surface area (Å²) >= 11 is 0. The molecule has 10 nitrogen and oxygen atoms in total. The summed E-state index contributed by atoms with van der Waals surface area (Å²) in [5.74, 6) is 1.80. The molecule has 2 rings (SSSR count). The van der Waals surface area contributed by atoms with Gasteiger partial charge in [0.25, 0.3) is 0 Å². The zero-order chi connectivity index (χ0) is 24.8. The second-order valence-electron chi connectivity index (χ2n) is 7.77. The van der Waals surface area contributed by atoms with Crippen LogP contribution < -0.4 is 0 Å². The average Bonchev–Trinajstić information content (AvgIpc) is 3.45. The lowest BCUT2D eigenvalue weighted by Crippen LogP contribution is -2.25. The molecular weight excluding hydrogens is 448 g/mol. The molecule has 0 aliphatic carbocycles. The maximum absolute atomic E-state index is 11.9. The van der Waals surface area contributed by atoms with Crippen molar-refractivity contribution < 1.29 is 47.6 Å². The molecule has 0 spiro atoms. The normalized spacial score (nSPS) is 12.9. The quantitative estimate of drug-likeness (QED) is 0.323. The van der Waals surface area contributed by atoms with Crippen molar-refractivity contribution in [2.24, 2.45) is 0 Å². The highest BCUT2D eigenvalue weighted by Gasteiger charge is 2.13. The molecule has 0 aliphatic heterocycles. The third kappa shape index (κ3) is 11.0. The first-order valence-electron chi connectivity index (χ1n) is 11.3. The Morgan fingerprint density at radius 3 is 2.12 bits per heavy atom. The van der Waals surface area contributed by atoms with Gasteiger partial charge in [0.15, 0.2) is 0 Å². The van der Waals surface area contributed by atoms with Crippen LogP contribution in [0.25, 0.3) is 0 Å². The second-order valence-corrected chi connectivity index (χ2v) is 7.77. The fourth-order valence-electron chi connectivity index (χ4n) is 2.99. The number of carbonyl (C=O) groups excluding carboxylic acids is 2. The Hall–Kier alpha value is -2.66. The van der Waals surface area contributed by atoms with Crippen LogP contribution in [0.2, 0.25) is 0 Å². The molecule has 10 heteroatoms. The lowest BCUT2D eigenvalue weighted by Gasteiger charge is -2.13. The van der Waals surface area contributed by atoms with Gasteiger partial charge in [0, 0.05) is 19.8 Å². The van der Waals surface area contributed by atoms with E-state index in [1.54, 1.807) is 12.1 Å². The molecule has 0 aliphatic rings. The Labute approximate surface area is 198 Å². The highest BCUT2D eigenvalue weighted by Crippen LogP contribution is 2.13. The smallest absolute Gasteiger partial charge is 0.306 e. The van der Waals surface area contributed by atoms with Crippen LogP contribution in [0.1, 0.15) is 49.7 Å². The van der Waals surface area contributed by atoms with Crippen LogP contribution in [-0.2, 0) is 54.6 Å². The van der Waals surface area contributed by atoms with Crippen LogP contribution in [0.4, 0.5) is 0 Å². The summed E-state index contributed by atoms with van der Waals surface area (Å²) in [6, 6.07) is 7.20. The van der Waals surface area contributed by atoms with E-state index in [9.17, 15) is 14.7 Å². The number of ether oxygens (including phenoxy) is 4. The molecule has 2 aromatic rings. The van der Waals surface area contributed by atoms with Crippen molar-refractivity contribution in [2.45, 2.75) is 65.0 Å². The van der Waals surface area contributed by atoms with Gasteiger partial charge in [-0.15, -0.1) is 0 Å². The van der Waals surface area contributed by atoms with E-state index in [0.717, 1.165) is 24.4 Å². The zero-order valence-electron chi connectivity index (χ0n) is 19.7. The van der Waals surface area contributed by atoms with Crippen LogP contribution in [0.15, 0.2) is 33.1 Å². The van der Waals surface area contributed by atoms with Crippen LogP contribution >= 0.6 is 0 Å². The first-order chi connectivity index (χ1) is 16.4. The van der Waals surface area contributed by atoms with Crippen molar-refractivity contribution in [2.75, 3.05) is 26.4 Å². The van der Waals surface area contributed by atoms with Gasteiger partial charge in [-0.3, -0.25) is 9.59 Å². The fourth-order valence-corrected chi connectivity index (χ4v) is 2.99. The molecule has 2 aromatic heterocycles. The van der Waals surface area contributed by atoms with E-state index in [0.29, 0.717) is 17.9 Å². The molecule has 0 saturated heterocycles. The maximum atomic E-state index is 11.9. The highest BCUT2D eigenvalue weighted by atomic mass is 16.6. The molecule has 2 unspecified atom stereocenters. The Bertz CT molecular complexity index is 856. The number of hydrogen-bond acceptors (Lipinski definition) is 10. The van der Waals surface area contributed by atoms with Crippen molar-refractivity contribution in [3.8, 4) is 0 Å². The first-order valence-corrected chi connectivity index (χ1v) is 11.3. The van der Waals surface area contributed by atoms with Crippen LogP contribution in [0, 0.1) is 0 Å². The number of rotatable bonds is 17. The van der Waals surface area contributed by atoms with Crippen molar-refractivity contribution >= 4 is 11.9 Å². The van der Waals surface area contributed by atoms with Gasteiger partial charge in [-0.2, -0.15) is 0 Å². The molecule has 0 aromatic carbocycles. The summed E-state index contributed by atoms with van der Waals surface area (Å²) < 4.78 is 31.9. The topological polar surface area (TPSA) is 138 Å². The first kappa shape index (κ1) is 27.6. The van der Waals surface area contributed by atoms with Gasteiger partial charge in [0.05, 0.1) is 26.2 Å². The molecular formula is C24H34O10. The van der Waals surface area contributed by atoms with Gasteiger partial charge in [-0.05, 0) is 30.7 Å². The number of aliphatic hydroxyl groups excluding tert-OH is 2. The summed E-state index contributed by atoms with van der Waals surface area (Å²) in [7, 11) is 0. The summed E-state index contributed by atoms with van der Waals surface area (Å²) in [6.45, 7) is 3.09. The van der Waals surface area contributed by atoms with Gasteiger partial charge in [-0.1, -0.05) is 6.92 Å². The SMILES string of the molecule is CCCc1ccc(CCC(=O)OCC(O)COCc2ccc(COCC(CO)OC(C)=O)o2)o1. The van der Waals surface area contributed by atoms with Crippen molar-refractivity contribution in [3.63, 3.8) is 0 Å². The molecule has 0 radical (unpaired) electrons. The van der Waals surface area contributed by atoms with Crippen molar-refractivity contribution in [1.29, 1.82) is 0 Å². The molecule has 0 amide bonds. The predicted octanol–water partition coefficient (Wildman–Crippen LogP) is 2.32. The van der Waals surface area contributed by atoms with Crippen molar-refractivity contribution in [3.05, 3.63) is 47.3 Å². The van der Waals surface area contributed by atoms with E-state index in [4.69, 9.17) is 32.9 Å². The van der Waals surface area contributed by atoms with Crippen LogP contribution in [0.5, 0.6) is 0 Å². The third-order valence-electron chi connectivity index (χ3n) is 4.58. The van der Waals surface area contributed by atoms with Gasteiger partial charge in [0.2, 0.25) is 0 Å². The Balaban J connectivity index is 1.56. The molecule has 2 N–H and O–H groups in total. The molecule has 2 atom stereocenters. The molecule has 0 saturated carbocycles. The monoisotopic (exact) mass is 482 g/mol. The molecule has 34 heavy (non-hydrogen) atoms. The van der Waals surface area contributed by atoms with Gasteiger partial charge < -0.3 is 38.0 Å². The van der Waals surface area contributed by atoms with Crippen molar-refractivity contribution in [1.82, 2.24) is 0 Å². The molecule has 190 valence electrons. The molecule has 0 bridgehead atoms. The minimum Gasteiger partial charge on any atom is -0.466 e. The highest BCUT2D eigenvalue weighted by molar-refractivity contribution is 5.69.